The first kappa shape index (κ1) is 21.1. The molecule has 0 aliphatic carbocycles. The molecule has 2 amide bonds. The molecule has 31 heavy (non-hydrogen) atoms. The van der Waals surface area contributed by atoms with Gasteiger partial charge in [-0.1, -0.05) is 12.1 Å². The minimum absolute atomic E-state index is 0.105. The summed E-state index contributed by atoms with van der Waals surface area (Å²) in [5, 5.41) is 0. The lowest BCUT2D eigenvalue weighted by atomic mass is 9.78. The second kappa shape index (κ2) is 8.53. The molecule has 0 N–H and O–H groups in total. The van der Waals surface area contributed by atoms with E-state index in [1.165, 1.54) is 6.20 Å². The van der Waals surface area contributed by atoms with Crippen LogP contribution in [0.5, 0.6) is 11.5 Å². The number of hydrogen-bond donors (Lipinski definition) is 0. The predicted molar refractivity (Wildman–Crippen MR) is 114 cm³/mol. The Bertz CT molecular complexity index is 978. The van der Waals surface area contributed by atoms with E-state index in [2.05, 4.69) is 9.97 Å². The van der Waals surface area contributed by atoms with Gasteiger partial charge in [-0.2, -0.15) is 0 Å². The smallest absolute Gasteiger partial charge is 0.274 e. The van der Waals surface area contributed by atoms with Crippen molar-refractivity contribution >= 4 is 11.8 Å². The van der Waals surface area contributed by atoms with Gasteiger partial charge in [-0.25, -0.2) is 4.98 Å². The molecule has 8 nitrogen and oxygen atoms in total. The van der Waals surface area contributed by atoms with E-state index < -0.39 is 5.41 Å². The quantitative estimate of drug-likeness (QED) is 0.733. The summed E-state index contributed by atoms with van der Waals surface area (Å²) in [6.07, 6.45) is 5.47. The number of benzene rings is 1. The number of rotatable bonds is 5. The van der Waals surface area contributed by atoms with Crippen molar-refractivity contribution in [3.05, 3.63) is 47.5 Å². The van der Waals surface area contributed by atoms with E-state index >= 15 is 0 Å². The van der Waals surface area contributed by atoms with E-state index in [0.29, 0.717) is 49.8 Å². The van der Waals surface area contributed by atoms with E-state index in [9.17, 15) is 9.59 Å². The lowest BCUT2D eigenvalue weighted by Crippen LogP contribution is -2.50. The van der Waals surface area contributed by atoms with Gasteiger partial charge in [-0.15, -0.1) is 0 Å². The fraction of sp³-hybridized carbons (Fsp3) is 0.478. The highest BCUT2D eigenvalue weighted by Crippen LogP contribution is 2.41. The normalized spacial score (nSPS) is 20.9. The summed E-state index contributed by atoms with van der Waals surface area (Å²) in [6, 6.07) is 5.70. The molecule has 3 heterocycles. The number of carbonyl (C=O) groups is 2. The number of aromatic nitrogens is 2. The van der Waals surface area contributed by atoms with Crippen molar-refractivity contribution in [2.75, 3.05) is 33.9 Å². The van der Waals surface area contributed by atoms with Crippen LogP contribution in [0.15, 0.2) is 30.6 Å². The number of hydrogen-bond acceptors (Lipinski definition) is 6. The third kappa shape index (κ3) is 3.94. The minimum Gasteiger partial charge on any atom is -0.493 e. The van der Waals surface area contributed by atoms with Crippen LogP contribution in [-0.4, -0.2) is 65.4 Å². The molecule has 2 saturated heterocycles. The molecule has 164 valence electrons. The standard InChI is InChI=1S/C23H28N4O4/c1-16-12-25-18(13-24-16)21(28)27-11-9-23(15-27)8-5-10-26(22(23)29)14-17-6-4-7-19(30-2)20(17)31-3/h4,6-7,12-13H,5,8-11,14-15H2,1-3H3/t23-/m1/s1. The first-order chi connectivity index (χ1) is 15.0. The van der Waals surface area contributed by atoms with Crippen molar-refractivity contribution in [3.8, 4) is 11.5 Å². The lowest BCUT2D eigenvalue weighted by Gasteiger charge is -2.39. The zero-order valence-corrected chi connectivity index (χ0v) is 18.3. The van der Waals surface area contributed by atoms with Crippen LogP contribution in [0, 0.1) is 12.3 Å². The van der Waals surface area contributed by atoms with E-state index in [4.69, 9.17) is 9.47 Å². The van der Waals surface area contributed by atoms with Crippen LogP contribution in [-0.2, 0) is 11.3 Å². The first-order valence-electron chi connectivity index (χ1n) is 10.5. The maximum atomic E-state index is 13.5. The minimum atomic E-state index is -0.530. The Hall–Kier alpha value is -3.16. The van der Waals surface area contributed by atoms with Crippen LogP contribution in [0.1, 0.15) is 41.0 Å². The monoisotopic (exact) mass is 424 g/mol. The Morgan fingerprint density at radius 3 is 2.68 bits per heavy atom. The molecular weight excluding hydrogens is 396 g/mol. The van der Waals surface area contributed by atoms with Crippen molar-refractivity contribution in [2.45, 2.75) is 32.7 Å². The van der Waals surface area contributed by atoms with E-state index in [0.717, 1.165) is 24.1 Å². The SMILES string of the molecule is COc1cccc(CN2CCC[C@]3(CCN(C(=O)c4cnc(C)cn4)C3)C2=O)c1OC. The topological polar surface area (TPSA) is 84.9 Å². The van der Waals surface area contributed by atoms with Crippen molar-refractivity contribution in [1.29, 1.82) is 0 Å². The van der Waals surface area contributed by atoms with Crippen LogP contribution in [0.25, 0.3) is 0 Å². The summed E-state index contributed by atoms with van der Waals surface area (Å²) >= 11 is 0. The molecule has 0 radical (unpaired) electrons. The van der Waals surface area contributed by atoms with Gasteiger partial charge in [0.05, 0.1) is 31.5 Å². The molecule has 8 heteroatoms. The number of piperidine rings is 1. The molecule has 1 atom stereocenters. The van der Waals surface area contributed by atoms with Crippen molar-refractivity contribution in [2.24, 2.45) is 5.41 Å². The molecule has 1 aromatic heterocycles. The van der Waals surface area contributed by atoms with Gasteiger partial charge in [-0.3, -0.25) is 14.6 Å². The zero-order valence-electron chi connectivity index (χ0n) is 18.3. The van der Waals surface area contributed by atoms with Crippen molar-refractivity contribution in [1.82, 2.24) is 19.8 Å². The highest BCUT2D eigenvalue weighted by molar-refractivity contribution is 5.93. The van der Waals surface area contributed by atoms with Crippen LogP contribution in [0.4, 0.5) is 0 Å². The summed E-state index contributed by atoms with van der Waals surface area (Å²) in [5.41, 5.74) is 1.47. The Labute approximate surface area is 182 Å². The fourth-order valence-corrected chi connectivity index (χ4v) is 4.68. The largest absolute Gasteiger partial charge is 0.493 e. The molecule has 4 rings (SSSR count). The van der Waals surface area contributed by atoms with Crippen LogP contribution in [0.2, 0.25) is 0 Å². The maximum Gasteiger partial charge on any atom is 0.274 e. The average molecular weight is 425 g/mol. The second-order valence-corrected chi connectivity index (χ2v) is 8.28. The van der Waals surface area contributed by atoms with Crippen molar-refractivity contribution < 1.29 is 19.1 Å². The van der Waals surface area contributed by atoms with Gasteiger partial charge in [0.25, 0.3) is 5.91 Å². The van der Waals surface area contributed by atoms with Gasteiger partial charge in [0.2, 0.25) is 5.91 Å². The summed E-state index contributed by atoms with van der Waals surface area (Å²) in [5.74, 6) is 1.24. The molecule has 2 aliphatic heterocycles. The third-order valence-corrected chi connectivity index (χ3v) is 6.31. The third-order valence-electron chi connectivity index (χ3n) is 6.31. The summed E-state index contributed by atoms with van der Waals surface area (Å²) in [6.45, 7) is 3.96. The van der Waals surface area contributed by atoms with E-state index in [1.807, 2.05) is 30.0 Å². The Morgan fingerprint density at radius 1 is 1.13 bits per heavy atom. The van der Waals surface area contributed by atoms with E-state index in [-0.39, 0.29) is 11.8 Å². The second-order valence-electron chi connectivity index (χ2n) is 8.28. The summed E-state index contributed by atoms with van der Waals surface area (Å²) < 4.78 is 10.9. The first-order valence-corrected chi connectivity index (χ1v) is 10.5. The van der Waals surface area contributed by atoms with Gasteiger partial charge in [0, 0.05) is 37.9 Å². The number of ether oxygens (including phenoxy) is 2. The van der Waals surface area contributed by atoms with Gasteiger partial charge in [0.1, 0.15) is 5.69 Å². The van der Waals surface area contributed by atoms with Gasteiger partial charge >= 0.3 is 0 Å². The van der Waals surface area contributed by atoms with Gasteiger partial charge in [-0.05, 0) is 32.3 Å². The molecule has 0 unspecified atom stereocenters. The fourth-order valence-electron chi connectivity index (χ4n) is 4.68. The number of nitrogens with zero attached hydrogens (tertiary/aromatic N) is 4. The molecule has 2 aromatic rings. The number of para-hydroxylation sites is 1. The van der Waals surface area contributed by atoms with Crippen LogP contribution < -0.4 is 9.47 Å². The van der Waals surface area contributed by atoms with Crippen molar-refractivity contribution in [3.63, 3.8) is 0 Å². The molecule has 0 bridgehead atoms. The van der Waals surface area contributed by atoms with Gasteiger partial charge < -0.3 is 19.3 Å². The Kier molecular flexibility index (Phi) is 5.80. The molecule has 1 spiro atoms. The summed E-state index contributed by atoms with van der Waals surface area (Å²) in [7, 11) is 3.21. The van der Waals surface area contributed by atoms with Crippen LogP contribution >= 0.6 is 0 Å². The van der Waals surface area contributed by atoms with Crippen LogP contribution in [0.3, 0.4) is 0 Å². The predicted octanol–water partition coefficient (Wildman–Crippen LogP) is 2.46. The zero-order chi connectivity index (χ0) is 22.0. The molecule has 2 fully saturated rings. The average Bonchev–Trinajstić information content (AvgIpc) is 3.21. The maximum absolute atomic E-state index is 13.5. The van der Waals surface area contributed by atoms with Gasteiger partial charge in [0.15, 0.2) is 11.5 Å². The lowest BCUT2D eigenvalue weighted by molar-refractivity contribution is -0.146. The van der Waals surface area contributed by atoms with E-state index in [1.54, 1.807) is 25.3 Å². The molecular formula is C23H28N4O4. The molecule has 0 saturated carbocycles. The summed E-state index contributed by atoms with van der Waals surface area (Å²) in [4.78, 5) is 38.4. The number of likely N-dealkylation sites (tertiary alicyclic amines) is 2. The molecule has 2 aliphatic rings. The Morgan fingerprint density at radius 2 is 1.97 bits per heavy atom. The Balaban J connectivity index is 1.50. The number of amides is 2. The highest BCUT2D eigenvalue weighted by Gasteiger charge is 2.49. The number of carbonyl (C=O) groups excluding carboxylic acids is 2. The number of aryl methyl sites for hydroxylation is 1. The molecule has 1 aromatic carbocycles. The highest BCUT2D eigenvalue weighted by atomic mass is 16.5. The number of methoxy groups -OCH3 is 2.